The molecule has 2 aromatic carbocycles. The number of amides is 1. The Kier molecular flexibility index (Phi) is 10.4. The average Bonchev–Trinajstić information content (AvgIpc) is 3.55. The van der Waals surface area contributed by atoms with Gasteiger partial charge in [0.05, 0.1) is 6.61 Å². The van der Waals surface area contributed by atoms with E-state index in [4.69, 9.17) is 58.5 Å². The van der Waals surface area contributed by atoms with Crippen molar-refractivity contribution in [1.82, 2.24) is 5.32 Å². The van der Waals surface area contributed by atoms with Gasteiger partial charge in [-0.2, -0.15) is 0 Å². The van der Waals surface area contributed by atoms with Gasteiger partial charge in [-0.1, -0.05) is 89.9 Å². The first-order chi connectivity index (χ1) is 19.9. The Morgan fingerprint density at radius 3 is 2.26 bits per heavy atom. The number of esters is 2. The molecular weight excluding hydrogens is 609 g/mol. The Labute approximate surface area is 259 Å². The van der Waals surface area contributed by atoms with Gasteiger partial charge in [0.1, 0.15) is 24.9 Å². The predicted molar refractivity (Wildman–Crippen MR) is 157 cm³/mol. The number of fused-ring (bicyclic) bond motifs is 3. The Bertz CT molecular complexity index is 1270. The molecule has 1 heterocycles. The highest BCUT2D eigenvalue weighted by atomic mass is 35.6. The van der Waals surface area contributed by atoms with Crippen LogP contribution in [0, 0.1) is 0 Å². The minimum absolute atomic E-state index is 0.0663. The number of rotatable bonds is 11. The summed E-state index contributed by atoms with van der Waals surface area (Å²) in [5.41, 5.74) is 3.35. The van der Waals surface area contributed by atoms with Crippen LogP contribution in [0.3, 0.4) is 0 Å². The first kappa shape index (κ1) is 32.1. The molecule has 0 radical (unpaired) electrons. The Hall–Kier alpha value is -2.82. The number of alkyl carbamates (subject to hydrolysis) is 1. The molecule has 1 saturated heterocycles. The summed E-state index contributed by atoms with van der Waals surface area (Å²) >= 11 is 16.8. The maximum absolute atomic E-state index is 13.1. The smallest absolute Gasteiger partial charge is 0.407 e. The second-order valence-electron chi connectivity index (χ2n) is 10.4. The highest BCUT2D eigenvalue weighted by Crippen LogP contribution is 2.44. The lowest BCUT2D eigenvalue weighted by Gasteiger charge is -2.25. The number of carbonyl (C=O) groups is 3. The van der Waals surface area contributed by atoms with Crippen LogP contribution >= 0.6 is 34.8 Å². The van der Waals surface area contributed by atoms with Gasteiger partial charge in [-0.25, -0.2) is 14.4 Å². The molecule has 0 aromatic heterocycles. The van der Waals surface area contributed by atoms with Gasteiger partial charge in [0.2, 0.25) is 3.79 Å². The van der Waals surface area contributed by atoms with E-state index in [0.29, 0.717) is 0 Å². The number of alkyl halides is 3. The van der Waals surface area contributed by atoms with Crippen LogP contribution in [0.15, 0.2) is 61.2 Å². The van der Waals surface area contributed by atoms with E-state index in [1.54, 1.807) is 13.8 Å². The Morgan fingerprint density at radius 2 is 1.67 bits per heavy atom. The SMILES string of the molecule is C=CC(C)(C)OC(=O)[C@H](CCC1OCC(C(=O)OCC(Cl)(Cl)Cl)O1)NC(=O)OCC1c2ccccc2-c2ccccc21. The van der Waals surface area contributed by atoms with Crippen LogP contribution in [0.25, 0.3) is 11.1 Å². The summed E-state index contributed by atoms with van der Waals surface area (Å²) in [6, 6.07) is 14.9. The van der Waals surface area contributed by atoms with Gasteiger partial charge in [-0.3, -0.25) is 0 Å². The standard InChI is InChI=1S/C30H32Cl3NO8/c1-4-29(2,3)42-26(35)23(13-14-25-38-16-24(41-25)27(36)40-17-30(31,32)33)34-28(37)39-15-22-20-11-7-5-9-18(20)19-10-6-8-12-21(19)22/h4-12,22-25H,1,13-17H2,2-3H3,(H,34,37)/t23-,24?,25?/m0/s1. The molecule has 1 amide bonds. The maximum Gasteiger partial charge on any atom is 0.407 e. The summed E-state index contributed by atoms with van der Waals surface area (Å²) in [5.74, 6) is -1.58. The van der Waals surface area contributed by atoms with E-state index in [9.17, 15) is 14.4 Å². The fourth-order valence-corrected chi connectivity index (χ4v) is 4.85. The van der Waals surface area contributed by atoms with E-state index >= 15 is 0 Å². The van der Waals surface area contributed by atoms with Gasteiger partial charge in [0, 0.05) is 12.3 Å². The van der Waals surface area contributed by atoms with Crippen molar-refractivity contribution in [3.05, 3.63) is 72.3 Å². The van der Waals surface area contributed by atoms with E-state index < -0.39 is 52.5 Å². The highest BCUT2D eigenvalue weighted by molar-refractivity contribution is 6.67. The van der Waals surface area contributed by atoms with Crippen molar-refractivity contribution >= 4 is 52.8 Å². The van der Waals surface area contributed by atoms with Crippen LogP contribution in [0.1, 0.15) is 43.7 Å². The molecule has 2 unspecified atom stereocenters. The minimum atomic E-state index is -1.76. The van der Waals surface area contributed by atoms with Gasteiger partial charge in [0.15, 0.2) is 12.4 Å². The summed E-state index contributed by atoms with van der Waals surface area (Å²) in [6.45, 7) is 6.56. The van der Waals surface area contributed by atoms with Crippen LogP contribution in [0.4, 0.5) is 4.79 Å². The molecule has 0 spiro atoms. The van der Waals surface area contributed by atoms with Crippen molar-refractivity contribution in [3.8, 4) is 11.1 Å². The van der Waals surface area contributed by atoms with Crippen LogP contribution in [0.5, 0.6) is 0 Å². The summed E-state index contributed by atoms with van der Waals surface area (Å²) in [5, 5.41) is 2.61. The average molecular weight is 641 g/mol. The van der Waals surface area contributed by atoms with Gasteiger partial charge >= 0.3 is 18.0 Å². The molecule has 3 atom stereocenters. The Morgan fingerprint density at radius 1 is 1.05 bits per heavy atom. The number of carbonyl (C=O) groups excluding carboxylic acids is 3. The number of hydrogen-bond donors (Lipinski definition) is 1. The molecule has 9 nitrogen and oxygen atoms in total. The highest BCUT2D eigenvalue weighted by Gasteiger charge is 2.36. The number of ether oxygens (including phenoxy) is 5. The van der Waals surface area contributed by atoms with Crippen molar-refractivity contribution in [1.29, 1.82) is 0 Å². The molecule has 226 valence electrons. The normalized spacial score (nSPS) is 18.9. The fraction of sp³-hybridized carbons (Fsp3) is 0.433. The van der Waals surface area contributed by atoms with E-state index in [2.05, 4.69) is 11.9 Å². The van der Waals surface area contributed by atoms with Crippen molar-refractivity contribution in [2.24, 2.45) is 0 Å². The number of nitrogens with one attached hydrogen (secondary N) is 1. The van der Waals surface area contributed by atoms with Gasteiger partial charge in [-0.05, 0) is 48.6 Å². The quantitative estimate of drug-likeness (QED) is 0.141. The van der Waals surface area contributed by atoms with Crippen LogP contribution < -0.4 is 5.32 Å². The molecule has 1 aliphatic carbocycles. The third kappa shape index (κ3) is 8.39. The lowest BCUT2D eigenvalue weighted by atomic mass is 9.98. The van der Waals surface area contributed by atoms with Crippen molar-refractivity contribution in [2.75, 3.05) is 19.8 Å². The molecule has 1 N–H and O–H groups in total. The van der Waals surface area contributed by atoms with E-state index in [-0.39, 0.29) is 32.0 Å². The minimum Gasteiger partial charge on any atom is -0.459 e. The molecule has 1 aliphatic heterocycles. The zero-order chi connectivity index (χ0) is 30.5. The number of hydrogen-bond acceptors (Lipinski definition) is 8. The fourth-order valence-electron chi connectivity index (χ4n) is 4.68. The zero-order valence-electron chi connectivity index (χ0n) is 23.1. The molecule has 12 heteroatoms. The maximum atomic E-state index is 13.1. The monoisotopic (exact) mass is 639 g/mol. The molecule has 2 aromatic rings. The van der Waals surface area contributed by atoms with Crippen LogP contribution in [-0.4, -0.2) is 65.7 Å². The second kappa shape index (κ2) is 13.7. The van der Waals surface area contributed by atoms with Gasteiger partial charge < -0.3 is 29.0 Å². The van der Waals surface area contributed by atoms with Crippen molar-refractivity contribution in [2.45, 2.75) is 60.4 Å². The summed E-state index contributed by atoms with van der Waals surface area (Å²) < 4.78 is 25.4. The molecule has 0 saturated carbocycles. The molecule has 42 heavy (non-hydrogen) atoms. The number of halogens is 3. The summed E-state index contributed by atoms with van der Waals surface area (Å²) in [4.78, 5) is 38.2. The van der Waals surface area contributed by atoms with Crippen molar-refractivity contribution in [3.63, 3.8) is 0 Å². The summed E-state index contributed by atoms with van der Waals surface area (Å²) in [6.07, 6.45) is -0.962. The van der Waals surface area contributed by atoms with Crippen molar-refractivity contribution < 1.29 is 38.1 Å². The number of benzene rings is 2. The van der Waals surface area contributed by atoms with Gasteiger partial charge in [0.25, 0.3) is 0 Å². The van der Waals surface area contributed by atoms with Crippen LogP contribution in [-0.2, 0) is 33.3 Å². The summed E-state index contributed by atoms with van der Waals surface area (Å²) in [7, 11) is 0. The second-order valence-corrected chi connectivity index (χ2v) is 13.0. The van der Waals surface area contributed by atoms with E-state index in [1.807, 2.05) is 48.5 Å². The molecule has 1 fully saturated rings. The van der Waals surface area contributed by atoms with E-state index in [1.165, 1.54) is 6.08 Å². The molecular formula is C30H32Cl3NO8. The third-order valence-corrected chi connectivity index (χ3v) is 7.18. The lowest BCUT2D eigenvalue weighted by molar-refractivity contribution is -0.159. The first-order valence-electron chi connectivity index (χ1n) is 13.4. The lowest BCUT2D eigenvalue weighted by Crippen LogP contribution is -2.45. The molecule has 4 rings (SSSR count). The third-order valence-electron chi connectivity index (χ3n) is 6.86. The van der Waals surface area contributed by atoms with Gasteiger partial charge in [-0.15, -0.1) is 0 Å². The largest absolute Gasteiger partial charge is 0.459 e. The zero-order valence-corrected chi connectivity index (χ0v) is 25.4. The molecule has 2 aliphatic rings. The predicted octanol–water partition coefficient (Wildman–Crippen LogP) is 5.84. The first-order valence-corrected chi connectivity index (χ1v) is 14.5. The molecule has 0 bridgehead atoms. The topological polar surface area (TPSA) is 109 Å². The van der Waals surface area contributed by atoms with E-state index in [0.717, 1.165) is 22.3 Å². The Balaban J connectivity index is 1.36. The van der Waals surface area contributed by atoms with Crippen LogP contribution in [0.2, 0.25) is 0 Å².